The molecule has 2 unspecified atom stereocenters. The van der Waals surface area contributed by atoms with Crippen molar-refractivity contribution in [3.05, 3.63) is 63.1 Å². The summed E-state index contributed by atoms with van der Waals surface area (Å²) in [5.41, 5.74) is 7.47. The molecule has 0 fully saturated rings. The van der Waals surface area contributed by atoms with Gasteiger partial charge in [0.15, 0.2) is 0 Å². The lowest BCUT2D eigenvalue weighted by Crippen LogP contribution is -2.20. The third kappa shape index (κ3) is 3.77. The summed E-state index contributed by atoms with van der Waals surface area (Å²) < 4.78 is 6.01. The largest absolute Gasteiger partial charge is 0.497 e. The Labute approximate surface area is 137 Å². The number of rotatable bonds is 5. The highest BCUT2D eigenvalue weighted by Crippen LogP contribution is 2.35. The number of ether oxygens (including phenoxy) is 1. The summed E-state index contributed by atoms with van der Waals surface area (Å²) in [4.78, 5) is 0. The highest BCUT2D eigenvalue weighted by molar-refractivity contribution is 9.10. The van der Waals surface area contributed by atoms with Crippen molar-refractivity contribution >= 4 is 27.5 Å². The number of aliphatic hydroxyl groups excluding tert-OH is 1. The van der Waals surface area contributed by atoms with Gasteiger partial charge in [-0.2, -0.15) is 0 Å². The molecule has 112 valence electrons. The molecule has 2 atom stereocenters. The number of benzene rings is 2. The Hall–Kier alpha value is -1.07. The van der Waals surface area contributed by atoms with E-state index in [1.807, 2.05) is 36.4 Å². The fraction of sp³-hybridized carbons (Fsp3) is 0.250. The fourth-order valence-corrected chi connectivity index (χ4v) is 2.86. The van der Waals surface area contributed by atoms with Gasteiger partial charge in [0, 0.05) is 27.5 Å². The molecule has 0 spiro atoms. The van der Waals surface area contributed by atoms with Gasteiger partial charge in [-0.3, -0.25) is 0 Å². The minimum atomic E-state index is -0.770. The van der Waals surface area contributed by atoms with E-state index >= 15 is 0 Å². The molecule has 0 bridgehead atoms. The van der Waals surface area contributed by atoms with Crippen LogP contribution in [0, 0.1) is 0 Å². The van der Waals surface area contributed by atoms with E-state index in [9.17, 15) is 5.11 Å². The molecule has 2 aromatic rings. The molecule has 2 aromatic carbocycles. The molecule has 21 heavy (non-hydrogen) atoms. The van der Waals surface area contributed by atoms with Crippen LogP contribution in [0.25, 0.3) is 0 Å². The van der Waals surface area contributed by atoms with Gasteiger partial charge in [-0.1, -0.05) is 39.7 Å². The van der Waals surface area contributed by atoms with E-state index in [-0.39, 0.29) is 5.92 Å². The molecular formula is C16H17BrClNO2. The lowest BCUT2D eigenvalue weighted by molar-refractivity contribution is 0.147. The molecule has 0 saturated heterocycles. The Kier molecular flexibility index (Phi) is 5.65. The number of methoxy groups -OCH3 is 1. The summed E-state index contributed by atoms with van der Waals surface area (Å²) >= 11 is 9.58. The van der Waals surface area contributed by atoms with Crippen molar-refractivity contribution in [3.63, 3.8) is 0 Å². The molecule has 0 aliphatic carbocycles. The van der Waals surface area contributed by atoms with E-state index in [1.165, 1.54) is 0 Å². The zero-order chi connectivity index (χ0) is 15.4. The number of aliphatic hydroxyl groups is 1. The van der Waals surface area contributed by atoms with Crippen molar-refractivity contribution < 1.29 is 9.84 Å². The van der Waals surface area contributed by atoms with Gasteiger partial charge in [0.25, 0.3) is 0 Å². The monoisotopic (exact) mass is 369 g/mol. The van der Waals surface area contributed by atoms with Gasteiger partial charge < -0.3 is 15.6 Å². The third-order valence-electron chi connectivity index (χ3n) is 3.46. The van der Waals surface area contributed by atoms with Crippen LogP contribution in [0.5, 0.6) is 5.75 Å². The molecule has 5 heteroatoms. The van der Waals surface area contributed by atoms with Crippen LogP contribution in [0.1, 0.15) is 23.1 Å². The minimum Gasteiger partial charge on any atom is -0.497 e. The zero-order valence-electron chi connectivity index (χ0n) is 11.6. The lowest BCUT2D eigenvalue weighted by Gasteiger charge is -2.23. The highest BCUT2D eigenvalue weighted by atomic mass is 79.9. The predicted octanol–water partition coefficient (Wildman–Crippen LogP) is 3.89. The SMILES string of the molecule is COc1ccc(C(CN)C(O)c2cc(Br)ccc2Cl)cc1. The third-order valence-corrected chi connectivity index (χ3v) is 4.29. The van der Waals surface area contributed by atoms with Gasteiger partial charge in [0.2, 0.25) is 0 Å². The van der Waals surface area contributed by atoms with Crippen molar-refractivity contribution in [2.24, 2.45) is 5.73 Å². The summed E-state index contributed by atoms with van der Waals surface area (Å²) in [6, 6.07) is 12.9. The first-order valence-corrected chi connectivity index (χ1v) is 7.71. The highest BCUT2D eigenvalue weighted by Gasteiger charge is 2.23. The van der Waals surface area contributed by atoms with Gasteiger partial charge >= 0.3 is 0 Å². The van der Waals surface area contributed by atoms with Crippen LogP contribution in [0.3, 0.4) is 0 Å². The quantitative estimate of drug-likeness (QED) is 0.839. The minimum absolute atomic E-state index is 0.234. The maximum atomic E-state index is 10.6. The molecule has 0 aliphatic rings. The van der Waals surface area contributed by atoms with Crippen molar-refractivity contribution in [2.75, 3.05) is 13.7 Å². The maximum Gasteiger partial charge on any atom is 0.118 e. The Morgan fingerprint density at radius 2 is 1.90 bits per heavy atom. The van der Waals surface area contributed by atoms with Crippen LogP contribution in [-0.2, 0) is 0 Å². The smallest absolute Gasteiger partial charge is 0.118 e. The second kappa shape index (κ2) is 7.27. The van der Waals surface area contributed by atoms with E-state index in [4.69, 9.17) is 22.1 Å². The Bertz CT molecular complexity index is 604. The van der Waals surface area contributed by atoms with Crippen molar-refractivity contribution in [1.29, 1.82) is 0 Å². The van der Waals surface area contributed by atoms with Crippen LogP contribution < -0.4 is 10.5 Å². The van der Waals surface area contributed by atoms with E-state index in [0.717, 1.165) is 15.8 Å². The molecule has 2 rings (SSSR count). The van der Waals surface area contributed by atoms with Gasteiger partial charge in [-0.25, -0.2) is 0 Å². The van der Waals surface area contributed by atoms with E-state index in [0.29, 0.717) is 17.1 Å². The first-order valence-electron chi connectivity index (χ1n) is 6.54. The number of hydrogen-bond acceptors (Lipinski definition) is 3. The normalized spacial score (nSPS) is 13.8. The number of nitrogens with two attached hydrogens (primary N) is 1. The van der Waals surface area contributed by atoms with Gasteiger partial charge in [-0.05, 0) is 35.9 Å². The van der Waals surface area contributed by atoms with Crippen LogP contribution in [-0.4, -0.2) is 18.8 Å². The summed E-state index contributed by atoms with van der Waals surface area (Å²) in [6.07, 6.45) is -0.770. The predicted molar refractivity (Wildman–Crippen MR) is 88.9 cm³/mol. The van der Waals surface area contributed by atoms with Crippen LogP contribution >= 0.6 is 27.5 Å². The standard InChI is InChI=1S/C16H17BrClNO2/c1-21-12-5-2-10(3-6-12)14(9-19)16(20)13-8-11(17)4-7-15(13)18/h2-8,14,16,20H,9,19H2,1H3. The van der Waals surface area contributed by atoms with Crippen LogP contribution in [0.4, 0.5) is 0 Å². The molecule has 0 aromatic heterocycles. The van der Waals surface area contributed by atoms with Gasteiger partial charge in [-0.15, -0.1) is 0 Å². The zero-order valence-corrected chi connectivity index (χ0v) is 13.9. The second-order valence-electron chi connectivity index (χ2n) is 4.73. The summed E-state index contributed by atoms with van der Waals surface area (Å²) in [5.74, 6) is 0.534. The Morgan fingerprint density at radius 3 is 2.48 bits per heavy atom. The summed E-state index contributed by atoms with van der Waals surface area (Å²) in [6.45, 7) is 0.316. The van der Waals surface area contributed by atoms with Gasteiger partial charge in [0.05, 0.1) is 13.2 Å². The van der Waals surface area contributed by atoms with Gasteiger partial charge in [0.1, 0.15) is 5.75 Å². The molecule has 0 amide bonds. The first kappa shape index (κ1) is 16.3. The second-order valence-corrected chi connectivity index (χ2v) is 6.05. The Morgan fingerprint density at radius 1 is 1.24 bits per heavy atom. The van der Waals surface area contributed by atoms with E-state index in [2.05, 4.69) is 15.9 Å². The molecule has 3 nitrogen and oxygen atoms in total. The van der Waals surface area contributed by atoms with E-state index < -0.39 is 6.10 Å². The maximum absolute atomic E-state index is 10.6. The molecule has 0 radical (unpaired) electrons. The number of halogens is 2. The summed E-state index contributed by atoms with van der Waals surface area (Å²) in [5, 5.41) is 11.2. The lowest BCUT2D eigenvalue weighted by atomic mass is 9.89. The number of hydrogen-bond donors (Lipinski definition) is 2. The molecule has 0 heterocycles. The molecule has 3 N–H and O–H groups in total. The first-order chi connectivity index (χ1) is 10.1. The fourth-order valence-electron chi connectivity index (χ4n) is 2.26. The molecule has 0 aliphatic heterocycles. The van der Waals surface area contributed by atoms with Crippen LogP contribution in [0.15, 0.2) is 46.9 Å². The van der Waals surface area contributed by atoms with Crippen LogP contribution in [0.2, 0.25) is 5.02 Å². The average molecular weight is 371 g/mol. The van der Waals surface area contributed by atoms with Crippen molar-refractivity contribution in [1.82, 2.24) is 0 Å². The summed E-state index contributed by atoms with van der Waals surface area (Å²) in [7, 11) is 1.62. The average Bonchev–Trinajstić information content (AvgIpc) is 2.51. The molecular weight excluding hydrogens is 354 g/mol. The topological polar surface area (TPSA) is 55.5 Å². The van der Waals surface area contributed by atoms with Crippen molar-refractivity contribution in [3.8, 4) is 5.75 Å². The van der Waals surface area contributed by atoms with Crippen molar-refractivity contribution in [2.45, 2.75) is 12.0 Å². The van der Waals surface area contributed by atoms with E-state index in [1.54, 1.807) is 13.2 Å². The molecule has 0 saturated carbocycles. The Balaban J connectivity index is 2.33.